The SMILES string of the molecule is Cc1cc(C)c(C(=O)Oc2cc(C)c(Cl)c(C)c2)c(C)c1. The largest absolute Gasteiger partial charge is 0.423 e. The van der Waals surface area contributed by atoms with Gasteiger partial charge in [-0.2, -0.15) is 0 Å². The summed E-state index contributed by atoms with van der Waals surface area (Å²) in [4.78, 5) is 12.4. The van der Waals surface area contributed by atoms with Gasteiger partial charge < -0.3 is 4.74 Å². The minimum atomic E-state index is -0.328. The van der Waals surface area contributed by atoms with Crippen molar-refractivity contribution in [1.29, 1.82) is 0 Å². The fraction of sp³-hybridized carbons (Fsp3) is 0.278. The Morgan fingerprint density at radius 2 is 1.33 bits per heavy atom. The van der Waals surface area contributed by atoms with Gasteiger partial charge in [0, 0.05) is 5.02 Å². The van der Waals surface area contributed by atoms with E-state index >= 15 is 0 Å². The highest BCUT2D eigenvalue weighted by atomic mass is 35.5. The van der Waals surface area contributed by atoms with Crippen LogP contribution in [-0.4, -0.2) is 5.97 Å². The zero-order chi connectivity index (χ0) is 15.7. The van der Waals surface area contributed by atoms with Crippen LogP contribution in [0, 0.1) is 34.6 Å². The molecule has 2 rings (SSSR count). The Labute approximate surface area is 130 Å². The lowest BCUT2D eigenvalue weighted by molar-refractivity contribution is 0.0733. The molecule has 0 fully saturated rings. The molecule has 2 aromatic carbocycles. The van der Waals surface area contributed by atoms with Crippen molar-refractivity contribution >= 4 is 17.6 Å². The van der Waals surface area contributed by atoms with Crippen LogP contribution < -0.4 is 4.74 Å². The van der Waals surface area contributed by atoms with Gasteiger partial charge >= 0.3 is 5.97 Å². The molecule has 0 aliphatic heterocycles. The third-order valence-corrected chi connectivity index (χ3v) is 4.10. The fourth-order valence-electron chi connectivity index (χ4n) is 2.63. The van der Waals surface area contributed by atoms with E-state index in [4.69, 9.17) is 16.3 Å². The average Bonchev–Trinajstić information content (AvgIpc) is 2.34. The molecule has 0 saturated heterocycles. The molecular weight excluding hydrogens is 284 g/mol. The van der Waals surface area contributed by atoms with E-state index in [1.807, 2.05) is 46.8 Å². The van der Waals surface area contributed by atoms with E-state index < -0.39 is 0 Å². The molecule has 0 N–H and O–H groups in total. The van der Waals surface area contributed by atoms with Crippen molar-refractivity contribution in [2.45, 2.75) is 34.6 Å². The van der Waals surface area contributed by atoms with Crippen molar-refractivity contribution in [2.75, 3.05) is 0 Å². The minimum absolute atomic E-state index is 0.328. The third-order valence-electron chi connectivity index (χ3n) is 3.50. The highest BCUT2D eigenvalue weighted by Gasteiger charge is 2.16. The van der Waals surface area contributed by atoms with Gasteiger partial charge in [0.25, 0.3) is 0 Å². The lowest BCUT2D eigenvalue weighted by Gasteiger charge is -2.12. The van der Waals surface area contributed by atoms with Crippen LogP contribution >= 0.6 is 11.6 Å². The molecule has 0 aliphatic rings. The number of hydrogen-bond donors (Lipinski definition) is 0. The van der Waals surface area contributed by atoms with E-state index in [-0.39, 0.29) is 5.97 Å². The van der Waals surface area contributed by atoms with E-state index in [9.17, 15) is 4.79 Å². The second kappa shape index (κ2) is 5.90. The first kappa shape index (κ1) is 15.6. The molecule has 0 bridgehead atoms. The Balaban J connectivity index is 2.35. The van der Waals surface area contributed by atoms with Crippen LogP contribution in [0.3, 0.4) is 0 Å². The first-order valence-corrected chi connectivity index (χ1v) is 7.24. The van der Waals surface area contributed by atoms with Gasteiger partial charge in [-0.1, -0.05) is 29.3 Å². The monoisotopic (exact) mass is 302 g/mol. The lowest BCUT2D eigenvalue weighted by Crippen LogP contribution is -2.12. The maximum absolute atomic E-state index is 12.4. The van der Waals surface area contributed by atoms with Crippen LogP contribution in [0.1, 0.15) is 38.2 Å². The van der Waals surface area contributed by atoms with Gasteiger partial charge in [0.05, 0.1) is 5.56 Å². The molecule has 2 aromatic rings. The number of carbonyl (C=O) groups excluding carboxylic acids is 1. The van der Waals surface area contributed by atoms with Gasteiger partial charge in [0.1, 0.15) is 5.75 Å². The van der Waals surface area contributed by atoms with E-state index in [2.05, 4.69) is 0 Å². The first-order chi connectivity index (χ1) is 9.79. The van der Waals surface area contributed by atoms with Crippen LogP contribution in [0.4, 0.5) is 0 Å². The molecule has 0 aliphatic carbocycles. The molecule has 0 radical (unpaired) electrons. The Morgan fingerprint density at radius 1 is 0.857 bits per heavy atom. The number of rotatable bonds is 2. The summed E-state index contributed by atoms with van der Waals surface area (Å²) in [5.74, 6) is 0.199. The molecule has 0 amide bonds. The topological polar surface area (TPSA) is 26.3 Å². The van der Waals surface area contributed by atoms with Gasteiger partial charge in [0.15, 0.2) is 0 Å². The van der Waals surface area contributed by atoms with Crippen molar-refractivity contribution < 1.29 is 9.53 Å². The highest BCUT2D eigenvalue weighted by molar-refractivity contribution is 6.32. The fourth-order valence-corrected chi connectivity index (χ4v) is 2.73. The number of benzene rings is 2. The maximum atomic E-state index is 12.4. The molecule has 110 valence electrons. The van der Waals surface area contributed by atoms with E-state index in [1.54, 1.807) is 12.1 Å². The lowest BCUT2D eigenvalue weighted by atomic mass is 10.00. The normalized spacial score (nSPS) is 10.6. The van der Waals surface area contributed by atoms with Crippen molar-refractivity contribution in [3.05, 3.63) is 62.7 Å². The van der Waals surface area contributed by atoms with E-state index in [1.165, 1.54) is 0 Å². The van der Waals surface area contributed by atoms with Crippen LogP contribution in [-0.2, 0) is 0 Å². The molecule has 0 atom stereocenters. The number of esters is 1. The number of aryl methyl sites for hydroxylation is 5. The third kappa shape index (κ3) is 3.27. The van der Waals surface area contributed by atoms with Gasteiger partial charge in [0.2, 0.25) is 0 Å². The van der Waals surface area contributed by atoms with Gasteiger partial charge in [-0.05, 0) is 69.0 Å². The standard InChI is InChI=1S/C18H19ClO2/c1-10-6-11(2)16(12(3)7-10)18(20)21-15-8-13(4)17(19)14(5)9-15/h6-9H,1-5H3. The number of carbonyl (C=O) groups is 1. The molecule has 21 heavy (non-hydrogen) atoms. The molecule has 0 saturated carbocycles. The van der Waals surface area contributed by atoms with Crippen LogP contribution in [0.25, 0.3) is 0 Å². The van der Waals surface area contributed by atoms with E-state index in [0.29, 0.717) is 16.3 Å². The number of halogens is 1. The minimum Gasteiger partial charge on any atom is -0.423 e. The smallest absolute Gasteiger partial charge is 0.344 e. The zero-order valence-electron chi connectivity index (χ0n) is 13.0. The summed E-state index contributed by atoms with van der Waals surface area (Å²) < 4.78 is 5.52. The van der Waals surface area contributed by atoms with Crippen molar-refractivity contribution in [3.8, 4) is 5.75 Å². The van der Waals surface area contributed by atoms with Crippen LogP contribution in [0.5, 0.6) is 5.75 Å². The molecule has 3 heteroatoms. The Bertz CT molecular complexity index is 671. The first-order valence-electron chi connectivity index (χ1n) is 6.86. The summed E-state index contributed by atoms with van der Waals surface area (Å²) in [5.41, 5.74) is 5.43. The second-order valence-corrected chi connectivity index (χ2v) is 5.91. The molecular formula is C18H19ClO2. The Kier molecular flexibility index (Phi) is 4.38. The quantitative estimate of drug-likeness (QED) is 0.570. The predicted molar refractivity (Wildman–Crippen MR) is 86.5 cm³/mol. The molecule has 0 heterocycles. The Hall–Kier alpha value is -1.80. The van der Waals surface area contributed by atoms with Crippen LogP contribution in [0.15, 0.2) is 24.3 Å². The van der Waals surface area contributed by atoms with Crippen molar-refractivity contribution in [1.82, 2.24) is 0 Å². The summed E-state index contributed by atoms with van der Waals surface area (Å²) in [6.45, 7) is 9.66. The highest BCUT2D eigenvalue weighted by Crippen LogP contribution is 2.27. The summed E-state index contributed by atoms with van der Waals surface area (Å²) in [7, 11) is 0. The van der Waals surface area contributed by atoms with Gasteiger partial charge in [-0.3, -0.25) is 0 Å². The maximum Gasteiger partial charge on any atom is 0.344 e. The van der Waals surface area contributed by atoms with Crippen LogP contribution in [0.2, 0.25) is 5.02 Å². The summed E-state index contributed by atoms with van der Waals surface area (Å²) in [6, 6.07) is 7.54. The average molecular weight is 303 g/mol. The molecule has 0 unspecified atom stereocenters. The van der Waals surface area contributed by atoms with Crippen molar-refractivity contribution in [3.63, 3.8) is 0 Å². The summed E-state index contributed by atoms with van der Waals surface area (Å²) in [5, 5.41) is 0.706. The van der Waals surface area contributed by atoms with Crippen molar-refractivity contribution in [2.24, 2.45) is 0 Å². The Morgan fingerprint density at radius 3 is 1.81 bits per heavy atom. The second-order valence-electron chi connectivity index (χ2n) is 5.53. The number of ether oxygens (including phenoxy) is 1. The summed E-state index contributed by atoms with van der Waals surface area (Å²) >= 11 is 6.13. The molecule has 0 spiro atoms. The predicted octanol–water partition coefficient (Wildman–Crippen LogP) is 5.10. The zero-order valence-corrected chi connectivity index (χ0v) is 13.8. The number of hydrogen-bond acceptors (Lipinski definition) is 2. The summed E-state index contributed by atoms with van der Waals surface area (Å²) in [6.07, 6.45) is 0. The van der Waals surface area contributed by atoms with Gasteiger partial charge in [-0.15, -0.1) is 0 Å². The van der Waals surface area contributed by atoms with Gasteiger partial charge in [-0.25, -0.2) is 4.79 Å². The van der Waals surface area contributed by atoms with E-state index in [0.717, 1.165) is 27.8 Å². The molecule has 0 aromatic heterocycles. The molecule has 2 nitrogen and oxygen atoms in total.